The van der Waals surface area contributed by atoms with E-state index in [0.29, 0.717) is 19.5 Å². The molecule has 2 aliphatic rings. The molecule has 0 amide bonds. The van der Waals surface area contributed by atoms with Gasteiger partial charge in [0.15, 0.2) is 0 Å². The number of rotatable bonds is 9. The molecular weight excluding hydrogens is 380 g/mol. The highest BCUT2D eigenvalue weighted by Crippen LogP contribution is 2.50. The predicted octanol–water partition coefficient (Wildman–Crippen LogP) is 6.37. The highest BCUT2D eigenvalue weighted by Gasteiger charge is 2.40. The first-order chi connectivity index (χ1) is 13.2. The molecule has 160 valence electrons. The van der Waals surface area contributed by atoms with Crippen LogP contribution < -0.4 is 0 Å². The van der Waals surface area contributed by atoms with Crippen molar-refractivity contribution in [2.45, 2.75) is 122 Å². The van der Waals surface area contributed by atoms with Crippen LogP contribution in [0.3, 0.4) is 0 Å². The van der Waals surface area contributed by atoms with Crippen molar-refractivity contribution in [2.75, 3.05) is 0 Å². The molecule has 4 radical (unpaired) electrons. The van der Waals surface area contributed by atoms with E-state index in [9.17, 15) is 4.79 Å². The van der Waals surface area contributed by atoms with Crippen molar-refractivity contribution in [1.29, 1.82) is 0 Å². The van der Waals surface area contributed by atoms with Crippen LogP contribution in [0, 0.1) is 17.8 Å². The highest BCUT2D eigenvalue weighted by atomic mass is 28.2. The Kier molecular flexibility index (Phi) is 9.75. The van der Waals surface area contributed by atoms with E-state index in [2.05, 4.69) is 27.7 Å². The molecule has 5 heteroatoms. The van der Waals surface area contributed by atoms with Crippen molar-refractivity contribution in [3.63, 3.8) is 0 Å². The fraction of sp³-hybridized carbons (Fsp3) is 0.957. The van der Waals surface area contributed by atoms with Gasteiger partial charge >= 0.3 is 9.76 Å². The molecule has 2 fully saturated rings. The van der Waals surface area contributed by atoms with Gasteiger partial charge in [0.2, 0.25) is 9.76 Å². The van der Waals surface area contributed by atoms with Gasteiger partial charge in [0.1, 0.15) is 0 Å². The maximum absolute atomic E-state index is 12.7. The summed E-state index contributed by atoms with van der Waals surface area (Å²) in [5.74, 6) is 1.48. The smallest absolute Gasteiger partial charge is 0.321 e. The Balaban J connectivity index is 1.88. The van der Waals surface area contributed by atoms with E-state index < -0.39 is 0 Å². The summed E-state index contributed by atoms with van der Waals surface area (Å²) < 4.78 is 11.8. The predicted molar refractivity (Wildman–Crippen MR) is 119 cm³/mol. The zero-order chi connectivity index (χ0) is 20.6. The van der Waals surface area contributed by atoms with Gasteiger partial charge < -0.3 is 8.85 Å². The Hall–Kier alpha value is -0.136. The summed E-state index contributed by atoms with van der Waals surface area (Å²) in [5.41, 5.74) is -0.136. The fourth-order valence-corrected chi connectivity index (χ4v) is 7.05. The summed E-state index contributed by atoms with van der Waals surface area (Å²) in [4.78, 5) is 12.7. The van der Waals surface area contributed by atoms with E-state index in [0.717, 1.165) is 17.9 Å². The normalized spacial score (nSPS) is 23.2. The van der Waals surface area contributed by atoms with Gasteiger partial charge in [-0.3, -0.25) is 4.79 Å². The lowest BCUT2D eigenvalue weighted by molar-refractivity contribution is -0.138. The maximum atomic E-state index is 12.7. The highest BCUT2D eigenvalue weighted by molar-refractivity contribution is 6.35. The fourth-order valence-electron chi connectivity index (χ4n) is 4.76. The molecule has 0 aromatic rings. The largest absolute Gasteiger partial charge is 0.516 e. The number of carbonyl (C=O) groups excluding carboxylic acids is 1. The van der Waals surface area contributed by atoms with Gasteiger partial charge in [0, 0.05) is 10.6 Å². The molecule has 2 saturated carbocycles. The number of carbonyl (C=O) groups is 1. The minimum absolute atomic E-state index is 0.0194. The average Bonchev–Trinajstić information content (AvgIpc) is 2.66. The summed E-state index contributed by atoms with van der Waals surface area (Å²) in [6.45, 7) is 10.6. The third-order valence-corrected chi connectivity index (χ3v) is 9.42. The van der Waals surface area contributed by atoms with Crippen LogP contribution in [0.1, 0.15) is 105 Å². The molecule has 3 nitrogen and oxygen atoms in total. The van der Waals surface area contributed by atoms with E-state index in [4.69, 9.17) is 8.85 Å². The first kappa shape index (κ1) is 24.1. The Morgan fingerprint density at radius 3 is 2.11 bits per heavy atom. The molecule has 0 aliphatic heterocycles. The Morgan fingerprint density at radius 1 is 0.964 bits per heavy atom. The first-order valence-electron chi connectivity index (χ1n) is 11.6. The van der Waals surface area contributed by atoms with Crippen molar-refractivity contribution < 1.29 is 13.6 Å². The Bertz CT molecular complexity index is 465. The summed E-state index contributed by atoms with van der Waals surface area (Å²) in [6, 6.07) is 0.767. The van der Waals surface area contributed by atoms with Crippen molar-refractivity contribution in [2.24, 2.45) is 17.8 Å². The van der Waals surface area contributed by atoms with E-state index in [1.807, 2.05) is 6.92 Å². The maximum Gasteiger partial charge on any atom is 0.321 e. The second-order valence-corrected chi connectivity index (χ2v) is 12.9. The van der Waals surface area contributed by atoms with Crippen LogP contribution in [0.2, 0.25) is 11.1 Å². The quantitative estimate of drug-likeness (QED) is 0.405. The average molecular weight is 423 g/mol. The van der Waals surface area contributed by atoms with E-state index in [1.54, 1.807) is 0 Å². The molecule has 0 aromatic heterocycles. The van der Waals surface area contributed by atoms with Crippen LogP contribution in [0.25, 0.3) is 0 Å². The summed E-state index contributed by atoms with van der Waals surface area (Å²) in [5, 5.41) is 0.183. The minimum atomic E-state index is -0.136. The lowest BCUT2D eigenvalue weighted by atomic mass is 9.73. The topological polar surface area (TPSA) is 35.5 Å². The van der Waals surface area contributed by atoms with E-state index in [-0.39, 0.29) is 22.5 Å². The Labute approximate surface area is 179 Å². The van der Waals surface area contributed by atoms with Crippen LogP contribution >= 0.6 is 0 Å². The second kappa shape index (κ2) is 11.3. The van der Waals surface area contributed by atoms with Gasteiger partial charge in [-0.15, -0.1) is 0 Å². The van der Waals surface area contributed by atoms with Gasteiger partial charge in [0.05, 0.1) is 5.92 Å². The number of hydrogen-bond donors (Lipinski definition) is 0. The second-order valence-electron chi connectivity index (χ2n) is 10.4. The molecule has 2 atom stereocenters. The molecule has 2 aliphatic carbocycles. The SMILES string of the molecule is CC(C[Si]OC(C)(C)C)C(=O)O[Si]C(C)(CC1CCCCC1)C1CCCCC1. The molecule has 0 heterocycles. The van der Waals surface area contributed by atoms with Crippen LogP contribution in [-0.4, -0.2) is 31.1 Å². The van der Waals surface area contributed by atoms with Gasteiger partial charge in [-0.25, -0.2) is 0 Å². The van der Waals surface area contributed by atoms with Crippen molar-refractivity contribution in [1.82, 2.24) is 0 Å². The summed E-state index contributed by atoms with van der Waals surface area (Å²) >= 11 is 0. The first-order valence-corrected chi connectivity index (χ1v) is 13.6. The zero-order valence-corrected chi connectivity index (χ0v) is 20.9. The Morgan fingerprint density at radius 2 is 1.54 bits per heavy atom. The van der Waals surface area contributed by atoms with Crippen LogP contribution in [0.5, 0.6) is 0 Å². The number of hydrogen-bond acceptors (Lipinski definition) is 3. The molecule has 0 bridgehead atoms. The summed E-state index contributed by atoms with van der Waals surface area (Å²) in [7, 11) is 0.670. The van der Waals surface area contributed by atoms with Crippen molar-refractivity contribution in [3.05, 3.63) is 0 Å². The zero-order valence-electron chi connectivity index (χ0n) is 18.9. The lowest BCUT2D eigenvalue weighted by Gasteiger charge is -2.41. The third kappa shape index (κ3) is 8.31. The van der Waals surface area contributed by atoms with Gasteiger partial charge in [0.25, 0.3) is 5.97 Å². The third-order valence-electron chi connectivity index (χ3n) is 6.50. The molecule has 0 aromatic carbocycles. The molecular formula is C23H42O3Si2. The van der Waals surface area contributed by atoms with Crippen molar-refractivity contribution in [3.8, 4) is 0 Å². The van der Waals surface area contributed by atoms with Crippen LogP contribution in [-0.2, 0) is 13.6 Å². The van der Waals surface area contributed by atoms with Gasteiger partial charge in [-0.1, -0.05) is 78.1 Å². The standard InChI is InChI=1S/C23H42O3Si2/c1-18(17-27-26-22(2,3)4)21(24)25-28-23(5,20-14-10-7-11-15-20)16-19-12-8-6-9-13-19/h18-20H,6-17H2,1-5H3. The summed E-state index contributed by atoms with van der Waals surface area (Å²) in [6.07, 6.45) is 14.9. The molecule has 28 heavy (non-hydrogen) atoms. The molecule has 2 rings (SSSR count). The van der Waals surface area contributed by atoms with Crippen LogP contribution in [0.4, 0.5) is 0 Å². The molecule has 2 unspecified atom stereocenters. The van der Waals surface area contributed by atoms with Crippen LogP contribution in [0.15, 0.2) is 0 Å². The lowest BCUT2D eigenvalue weighted by Crippen LogP contribution is -2.35. The molecule has 0 N–H and O–H groups in total. The van der Waals surface area contributed by atoms with E-state index in [1.165, 1.54) is 70.6 Å². The van der Waals surface area contributed by atoms with Crippen molar-refractivity contribution >= 4 is 25.5 Å². The van der Waals surface area contributed by atoms with Gasteiger partial charge in [-0.2, -0.15) is 0 Å². The van der Waals surface area contributed by atoms with Gasteiger partial charge in [-0.05, 0) is 45.1 Å². The molecule has 0 spiro atoms. The van der Waals surface area contributed by atoms with E-state index >= 15 is 0 Å². The monoisotopic (exact) mass is 422 g/mol. The minimum Gasteiger partial charge on any atom is -0.516 e. The molecule has 0 saturated heterocycles.